The largest absolute Gasteiger partial charge is 0.324 e. The Morgan fingerprint density at radius 3 is 2.43 bits per heavy atom. The molecule has 0 amide bonds. The van der Waals surface area contributed by atoms with Gasteiger partial charge >= 0.3 is 0 Å². The van der Waals surface area contributed by atoms with Crippen LogP contribution in [0.1, 0.15) is 22.6 Å². The van der Waals surface area contributed by atoms with Gasteiger partial charge in [-0.25, -0.2) is 10.1 Å². The van der Waals surface area contributed by atoms with Crippen LogP contribution in [0.3, 0.4) is 0 Å². The van der Waals surface area contributed by atoms with Crippen LogP contribution in [0.5, 0.6) is 0 Å². The minimum atomic E-state index is 0.286. The number of benzene rings is 1. The molecule has 30 heavy (non-hydrogen) atoms. The average molecular weight is 399 g/mol. The third-order valence-corrected chi connectivity index (χ3v) is 4.18. The highest BCUT2D eigenvalue weighted by Gasteiger charge is 2.12. The lowest BCUT2D eigenvalue weighted by atomic mass is 10.2. The van der Waals surface area contributed by atoms with Crippen LogP contribution < -0.4 is 10.7 Å². The smallest absolute Gasteiger partial charge is 0.257 e. The molecular formula is C21H21N9. The van der Waals surface area contributed by atoms with Crippen LogP contribution in [-0.2, 0) is 0 Å². The zero-order chi connectivity index (χ0) is 20.9. The number of anilines is 3. The molecule has 4 aromatic rings. The van der Waals surface area contributed by atoms with E-state index in [1.165, 1.54) is 5.56 Å². The Labute approximate surface area is 174 Å². The molecule has 1 aromatic carbocycles. The fourth-order valence-corrected chi connectivity index (χ4v) is 2.77. The summed E-state index contributed by atoms with van der Waals surface area (Å²) < 4.78 is 1.67. The van der Waals surface area contributed by atoms with Gasteiger partial charge in [0, 0.05) is 17.6 Å². The van der Waals surface area contributed by atoms with E-state index >= 15 is 0 Å². The molecule has 9 nitrogen and oxygen atoms in total. The van der Waals surface area contributed by atoms with E-state index < -0.39 is 0 Å². The number of nitrogens with zero attached hydrogens (tertiary/aromatic N) is 7. The van der Waals surface area contributed by atoms with Crippen molar-refractivity contribution in [1.29, 1.82) is 0 Å². The van der Waals surface area contributed by atoms with Crippen molar-refractivity contribution in [2.75, 3.05) is 10.7 Å². The van der Waals surface area contributed by atoms with Crippen LogP contribution in [0.2, 0.25) is 0 Å². The van der Waals surface area contributed by atoms with Gasteiger partial charge in [-0.2, -0.15) is 25.2 Å². The highest BCUT2D eigenvalue weighted by molar-refractivity contribution is 5.77. The Kier molecular flexibility index (Phi) is 5.42. The number of aryl methyl sites for hydroxylation is 3. The van der Waals surface area contributed by atoms with Crippen LogP contribution in [0.15, 0.2) is 59.8 Å². The number of rotatable bonds is 6. The lowest BCUT2D eigenvalue weighted by Gasteiger charge is -2.09. The van der Waals surface area contributed by atoms with E-state index in [0.717, 1.165) is 22.8 Å². The van der Waals surface area contributed by atoms with Gasteiger partial charge in [0.1, 0.15) is 0 Å². The van der Waals surface area contributed by atoms with E-state index in [2.05, 4.69) is 40.9 Å². The summed E-state index contributed by atoms with van der Waals surface area (Å²) in [5.41, 5.74) is 7.41. The van der Waals surface area contributed by atoms with Crippen molar-refractivity contribution < 1.29 is 0 Å². The van der Waals surface area contributed by atoms with Crippen LogP contribution >= 0.6 is 0 Å². The summed E-state index contributed by atoms with van der Waals surface area (Å²) in [5.74, 6) is 1.06. The molecule has 0 atom stereocenters. The van der Waals surface area contributed by atoms with E-state index in [1.54, 1.807) is 17.1 Å². The average Bonchev–Trinajstić information content (AvgIpc) is 3.08. The van der Waals surface area contributed by atoms with Crippen molar-refractivity contribution in [1.82, 2.24) is 29.7 Å². The maximum Gasteiger partial charge on any atom is 0.257 e. The van der Waals surface area contributed by atoms with Crippen molar-refractivity contribution in [2.24, 2.45) is 5.10 Å². The fraction of sp³-hybridized carbons (Fsp3) is 0.143. The Morgan fingerprint density at radius 1 is 0.933 bits per heavy atom. The molecule has 4 rings (SSSR count). The van der Waals surface area contributed by atoms with E-state index in [0.29, 0.717) is 11.9 Å². The van der Waals surface area contributed by atoms with Crippen molar-refractivity contribution in [3.05, 3.63) is 77.4 Å². The Balaban J connectivity index is 1.65. The highest BCUT2D eigenvalue weighted by Crippen LogP contribution is 2.17. The first-order chi connectivity index (χ1) is 14.6. The fourth-order valence-electron chi connectivity index (χ4n) is 2.77. The molecule has 150 valence electrons. The van der Waals surface area contributed by atoms with Gasteiger partial charge in [0.15, 0.2) is 0 Å². The zero-order valence-corrected chi connectivity index (χ0v) is 16.9. The van der Waals surface area contributed by atoms with Crippen molar-refractivity contribution in [3.8, 4) is 5.95 Å². The topological polar surface area (TPSA) is 106 Å². The van der Waals surface area contributed by atoms with Crippen LogP contribution in [0.4, 0.5) is 17.6 Å². The number of hydrogen-bond acceptors (Lipinski definition) is 8. The summed E-state index contributed by atoms with van der Waals surface area (Å²) in [5, 5.41) is 11.9. The number of pyridine rings is 1. The molecule has 0 unspecified atom stereocenters. The van der Waals surface area contributed by atoms with Crippen molar-refractivity contribution in [2.45, 2.75) is 20.8 Å². The van der Waals surface area contributed by atoms with Gasteiger partial charge < -0.3 is 5.32 Å². The third kappa shape index (κ3) is 4.64. The molecule has 0 spiro atoms. The monoisotopic (exact) mass is 399 g/mol. The lowest BCUT2D eigenvalue weighted by Crippen LogP contribution is -2.11. The van der Waals surface area contributed by atoms with Gasteiger partial charge in [-0.15, -0.1) is 0 Å². The van der Waals surface area contributed by atoms with Gasteiger partial charge in [-0.3, -0.25) is 4.98 Å². The predicted molar refractivity (Wildman–Crippen MR) is 116 cm³/mol. The van der Waals surface area contributed by atoms with Gasteiger partial charge in [0.05, 0.1) is 17.6 Å². The summed E-state index contributed by atoms with van der Waals surface area (Å²) >= 11 is 0. The molecule has 2 N–H and O–H groups in total. The molecular weight excluding hydrogens is 378 g/mol. The zero-order valence-electron chi connectivity index (χ0n) is 16.9. The van der Waals surface area contributed by atoms with E-state index in [1.807, 2.05) is 69.3 Å². The normalized spacial score (nSPS) is 11.0. The predicted octanol–water partition coefficient (Wildman–Crippen LogP) is 3.57. The second-order valence-electron chi connectivity index (χ2n) is 6.74. The Bertz CT molecular complexity index is 1170. The summed E-state index contributed by atoms with van der Waals surface area (Å²) in [7, 11) is 0. The van der Waals surface area contributed by atoms with Gasteiger partial charge in [-0.1, -0.05) is 23.8 Å². The molecule has 0 saturated heterocycles. The Hall–Kier alpha value is -4.14. The molecule has 0 aliphatic carbocycles. The summed E-state index contributed by atoms with van der Waals surface area (Å²) in [4.78, 5) is 17.6. The maximum atomic E-state index is 4.52. The minimum absolute atomic E-state index is 0.286. The molecule has 3 aromatic heterocycles. The third-order valence-electron chi connectivity index (χ3n) is 4.18. The highest BCUT2D eigenvalue weighted by atomic mass is 15.4. The number of hydrazone groups is 1. The summed E-state index contributed by atoms with van der Waals surface area (Å²) in [6.45, 7) is 5.91. The second kappa shape index (κ2) is 8.48. The first-order valence-corrected chi connectivity index (χ1v) is 9.40. The number of nitrogens with one attached hydrogen (secondary N) is 2. The molecule has 0 bridgehead atoms. The quantitative estimate of drug-likeness (QED) is 0.377. The number of hydrogen-bond donors (Lipinski definition) is 2. The minimum Gasteiger partial charge on any atom is -0.324 e. The van der Waals surface area contributed by atoms with Crippen LogP contribution in [-0.4, -0.2) is 35.9 Å². The molecule has 0 fully saturated rings. The maximum absolute atomic E-state index is 4.52. The van der Waals surface area contributed by atoms with Crippen LogP contribution in [0, 0.1) is 20.8 Å². The summed E-state index contributed by atoms with van der Waals surface area (Å²) in [6.07, 6.45) is 3.30. The van der Waals surface area contributed by atoms with Crippen molar-refractivity contribution in [3.63, 3.8) is 0 Å². The molecule has 9 heteroatoms. The first-order valence-electron chi connectivity index (χ1n) is 9.40. The SMILES string of the molecule is Cc1ccc(Nc2nc(NN=Cc3ccccn3)nc(-n3nc(C)cc3C)n2)cc1. The molecule has 3 heterocycles. The van der Waals surface area contributed by atoms with E-state index in [-0.39, 0.29) is 5.95 Å². The number of aromatic nitrogens is 6. The Morgan fingerprint density at radius 2 is 1.73 bits per heavy atom. The van der Waals surface area contributed by atoms with Gasteiger partial charge in [0.2, 0.25) is 11.9 Å². The molecule has 0 aliphatic heterocycles. The first kappa shape index (κ1) is 19.2. The van der Waals surface area contributed by atoms with E-state index in [9.17, 15) is 0 Å². The van der Waals surface area contributed by atoms with Gasteiger partial charge in [0.25, 0.3) is 5.95 Å². The molecule has 0 aliphatic rings. The van der Waals surface area contributed by atoms with E-state index in [4.69, 9.17) is 0 Å². The lowest BCUT2D eigenvalue weighted by molar-refractivity contribution is 0.767. The van der Waals surface area contributed by atoms with Crippen LogP contribution in [0.25, 0.3) is 5.95 Å². The van der Waals surface area contributed by atoms with Crippen molar-refractivity contribution >= 4 is 23.8 Å². The van der Waals surface area contributed by atoms with Gasteiger partial charge in [-0.05, 0) is 51.1 Å². The summed E-state index contributed by atoms with van der Waals surface area (Å²) in [6, 6.07) is 15.5. The molecule has 0 saturated carbocycles. The molecule has 0 radical (unpaired) electrons. The second-order valence-corrected chi connectivity index (χ2v) is 6.74. The standard InChI is InChI=1S/C21H21N9/c1-14-7-9-17(10-8-14)24-19-25-20(28-23-13-18-6-4-5-11-22-18)27-21(26-19)30-16(3)12-15(2)29-30/h4-13H,1-3H3,(H2,24,25,26,27,28).